The second-order valence-corrected chi connectivity index (χ2v) is 23.2. The van der Waals surface area contributed by atoms with E-state index in [0.29, 0.717) is 0 Å². The molecule has 0 saturated heterocycles. The van der Waals surface area contributed by atoms with E-state index in [1.807, 2.05) is 0 Å². The Morgan fingerprint density at radius 1 is 0.338 bits per heavy atom. The van der Waals surface area contributed by atoms with Gasteiger partial charge in [0.05, 0.1) is 11.4 Å². The lowest BCUT2D eigenvalue weighted by atomic mass is 9.34. The van der Waals surface area contributed by atoms with E-state index in [1.54, 1.807) is 0 Å². The molecule has 4 aliphatic rings. The number of hydrogen-bond donors (Lipinski definition) is 0. The largest absolute Gasteiger partial charge is 0.458 e. The molecule has 2 aliphatic heterocycles. The number of rotatable bonds is 6. The monoisotopic (exact) mass is 992 g/mol. The van der Waals surface area contributed by atoms with Crippen LogP contribution in [0.4, 0.5) is 34.1 Å². The zero-order valence-electron chi connectivity index (χ0n) is 44.8. The Kier molecular flexibility index (Phi) is 9.68. The van der Waals surface area contributed by atoms with Crippen molar-refractivity contribution in [3.05, 3.63) is 245 Å². The summed E-state index contributed by atoms with van der Waals surface area (Å²) in [5, 5.41) is 4.89. The van der Waals surface area contributed by atoms with Crippen molar-refractivity contribution >= 4 is 78.8 Å². The standard InChI is InChI=1S/C72H57BN2O2/c1-42-20-28-46(29-21-42)74(47-30-22-43(2)23-31-47)62-40-58-68(52-16-11-9-14-50(52)62)54-36-66-60(38-56(54)71(58,5)6)73-61-39-57-55(37-67(61)77-65-19-13-18-64(76-66)70(65)73)69-53-17-12-10-15-51(53)63(41-59(69)72(57,7)8)75(48-32-24-44(3)25-33-48)49-34-26-45(4)27-35-49/h9-41H,1-8H3. The van der Waals surface area contributed by atoms with Crippen molar-refractivity contribution in [1.29, 1.82) is 0 Å². The summed E-state index contributed by atoms with van der Waals surface area (Å²) >= 11 is 0. The molecular weight excluding hydrogens is 936 g/mol. The van der Waals surface area contributed by atoms with Crippen LogP contribution in [0.2, 0.25) is 0 Å². The van der Waals surface area contributed by atoms with Crippen LogP contribution in [-0.4, -0.2) is 6.71 Å². The van der Waals surface area contributed by atoms with E-state index in [9.17, 15) is 0 Å². The third-order valence-corrected chi connectivity index (χ3v) is 17.6. The van der Waals surface area contributed by atoms with Crippen molar-refractivity contribution in [3.63, 3.8) is 0 Å². The average molecular weight is 993 g/mol. The quantitative estimate of drug-likeness (QED) is 0.155. The predicted molar refractivity (Wildman–Crippen MR) is 323 cm³/mol. The lowest BCUT2D eigenvalue weighted by Crippen LogP contribution is -2.57. The van der Waals surface area contributed by atoms with Crippen LogP contribution in [0.15, 0.2) is 200 Å². The van der Waals surface area contributed by atoms with Crippen LogP contribution >= 0.6 is 0 Å². The summed E-state index contributed by atoms with van der Waals surface area (Å²) in [6.45, 7) is 18.2. The molecule has 2 aliphatic carbocycles. The van der Waals surface area contributed by atoms with Gasteiger partial charge in [-0.1, -0.05) is 165 Å². The van der Waals surface area contributed by atoms with Crippen molar-refractivity contribution in [3.8, 4) is 45.3 Å². The number of nitrogens with zero attached hydrogens (tertiary/aromatic N) is 2. The Morgan fingerprint density at radius 3 is 1.03 bits per heavy atom. The van der Waals surface area contributed by atoms with Crippen LogP contribution in [0.5, 0.6) is 23.0 Å². The fraction of sp³-hybridized carbons (Fsp3) is 0.139. The van der Waals surface area contributed by atoms with E-state index in [-0.39, 0.29) is 17.5 Å². The fourth-order valence-corrected chi connectivity index (χ4v) is 13.5. The molecule has 4 nitrogen and oxygen atoms in total. The molecule has 15 rings (SSSR count). The summed E-state index contributed by atoms with van der Waals surface area (Å²) in [5.74, 6) is 3.49. The van der Waals surface area contributed by atoms with Gasteiger partial charge in [0, 0.05) is 49.8 Å². The average Bonchev–Trinajstić information content (AvgIpc) is 4.08. The van der Waals surface area contributed by atoms with E-state index in [2.05, 4.69) is 265 Å². The minimum Gasteiger partial charge on any atom is -0.458 e. The summed E-state index contributed by atoms with van der Waals surface area (Å²) in [6.07, 6.45) is 0. The molecule has 0 bridgehead atoms. The first-order valence-electron chi connectivity index (χ1n) is 27.2. The number of anilines is 6. The molecule has 370 valence electrons. The van der Waals surface area contributed by atoms with Crippen LogP contribution in [0.25, 0.3) is 43.8 Å². The topological polar surface area (TPSA) is 24.9 Å². The van der Waals surface area contributed by atoms with Crippen molar-refractivity contribution in [2.45, 2.75) is 66.2 Å². The van der Waals surface area contributed by atoms with Crippen LogP contribution in [0.1, 0.15) is 72.2 Å². The second-order valence-electron chi connectivity index (χ2n) is 23.2. The van der Waals surface area contributed by atoms with E-state index in [4.69, 9.17) is 9.47 Å². The summed E-state index contributed by atoms with van der Waals surface area (Å²) in [6, 6.07) is 74.7. The SMILES string of the molecule is Cc1ccc(N(c2ccc(C)cc2)c2cc3c(c4ccccc24)-c2cc4c(cc2C3(C)C)B2c3cc5c(cc3Oc3cccc(c32)O4)-c2c(cc(N(c3ccc(C)cc3)c3ccc(C)cc3)c3ccccc23)C5(C)C)cc1. The van der Waals surface area contributed by atoms with Gasteiger partial charge in [-0.05, 0) is 179 Å². The maximum absolute atomic E-state index is 7.12. The van der Waals surface area contributed by atoms with Gasteiger partial charge in [-0.25, -0.2) is 0 Å². The molecule has 0 fully saturated rings. The molecule has 0 saturated carbocycles. The second kappa shape index (κ2) is 16.4. The van der Waals surface area contributed by atoms with Crippen LogP contribution < -0.4 is 35.7 Å². The molecule has 0 radical (unpaired) electrons. The minimum absolute atomic E-state index is 0.111. The zero-order chi connectivity index (χ0) is 52.2. The highest BCUT2D eigenvalue weighted by molar-refractivity contribution is 6.98. The molecule has 0 N–H and O–H groups in total. The number of benzene rings is 11. The molecular formula is C72H57BN2O2. The first kappa shape index (κ1) is 45.6. The smallest absolute Gasteiger partial charge is 0.260 e. The summed E-state index contributed by atoms with van der Waals surface area (Å²) in [4.78, 5) is 4.88. The van der Waals surface area contributed by atoms with Gasteiger partial charge < -0.3 is 19.3 Å². The Balaban J connectivity index is 0.903. The minimum atomic E-state index is -0.343. The lowest BCUT2D eigenvalue weighted by molar-refractivity contribution is 0.464. The van der Waals surface area contributed by atoms with Gasteiger partial charge in [0.1, 0.15) is 23.0 Å². The van der Waals surface area contributed by atoms with Gasteiger partial charge in [0.2, 0.25) is 0 Å². The molecule has 11 aromatic carbocycles. The highest BCUT2D eigenvalue weighted by Crippen LogP contribution is 2.58. The zero-order valence-corrected chi connectivity index (χ0v) is 44.8. The summed E-state index contributed by atoms with van der Waals surface area (Å²) in [7, 11) is 0. The molecule has 5 heteroatoms. The highest BCUT2D eigenvalue weighted by Gasteiger charge is 2.47. The van der Waals surface area contributed by atoms with Crippen LogP contribution in [0.3, 0.4) is 0 Å². The van der Waals surface area contributed by atoms with E-state index in [1.165, 1.54) is 111 Å². The van der Waals surface area contributed by atoms with Gasteiger partial charge in [0.15, 0.2) is 0 Å². The molecule has 0 unspecified atom stereocenters. The van der Waals surface area contributed by atoms with E-state index >= 15 is 0 Å². The molecule has 0 atom stereocenters. The number of aryl methyl sites for hydroxylation is 4. The molecule has 0 aromatic heterocycles. The summed E-state index contributed by atoms with van der Waals surface area (Å²) < 4.78 is 14.2. The highest BCUT2D eigenvalue weighted by atomic mass is 16.5. The molecule has 0 amide bonds. The fourth-order valence-electron chi connectivity index (χ4n) is 13.5. The third-order valence-electron chi connectivity index (χ3n) is 17.6. The third kappa shape index (κ3) is 6.66. The van der Waals surface area contributed by atoms with Gasteiger partial charge in [-0.3, -0.25) is 0 Å². The Bertz CT molecular complexity index is 3940. The Hall–Kier alpha value is -8.80. The Labute approximate surface area is 451 Å². The molecule has 11 aromatic rings. The van der Waals surface area contributed by atoms with Gasteiger partial charge >= 0.3 is 0 Å². The van der Waals surface area contributed by atoms with Crippen molar-refractivity contribution in [1.82, 2.24) is 0 Å². The van der Waals surface area contributed by atoms with Gasteiger partial charge in [-0.15, -0.1) is 0 Å². The number of fused-ring (bicyclic) bond motifs is 14. The van der Waals surface area contributed by atoms with Gasteiger partial charge in [-0.2, -0.15) is 0 Å². The molecule has 0 spiro atoms. The lowest BCUT2D eigenvalue weighted by Gasteiger charge is -2.35. The normalized spacial score (nSPS) is 14.4. The van der Waals surface area contributed by atoms with Gasteiger partial charge in [0.25, 0.3) is 6.71 Å². The maximum Gasteiger partial charge on any atom is 0.260 e. The van der Waals surface area contributed by atoms with Crippen LogP contribution in [-0.2, 0) is 10.8 Å². The van der Waals surface area contributed by atoms with Crippen molar-refractivity contribution in [2.24, 2.45) is 0 Å². The van der Waals surface area contributed by atoms with E-state index in [0.717, 1.165) is 51.2 Å². The summed E-state index contributed by atoms with van der Waals surface area (Å²) in [5.41, 5.74) is 24.8. The number of hydrogen-bond acceptors (Lipinski definition) is 4. The molecule has 77 heavy (non-hydrogen) atoms. The molecule has 2 heterocycles. The first-order chi connectivity index (χ1) is 37.3. The van der Waals surface area contributed by atoms with Crippen molar-refractivity contribution in [2.75, 3.05) is 9.80 Å². The number of ether oxygens (including phenoxy) is 2. The first-order valence-corrected chi connectivity index (χ1v) is 27.2. The Morgan fingerprint density at radius 2 is 0.675 bits per heavy atom. The maximum atomic E-state index is 7.12. The predicted octanol–water partition coefficient (Wildman–Crippen LogP) is 17.5. The van der Waals surface area contributed by atoms with Crippen LogP contribution in [0, 0.1) is 27.7 Å². The van der Waals surface area contributed by atoms with Crippen molar-refractivity contribution < 1.29 is 9.47 Å². The van der Waals surface area contributed by atoms with E-state index < -0.39 is 0 Å².